The molecule has 2 aromatic heterocycles. The van der Waals surface area contributed by atoms with E-state index in [1.807, 2.05) is 24.4 Å². The maximum Gasteiger partial charge on any atom is 0.0421 e. The summed E-state index contributed by atoms with van der Waals surface area (Å²) in [6.07, 6.45) is 6.93. The van der Waals surface area contributed by atoms with Crippen LogP contribution < -0.4 is 5.73 Å². The highest BCUT2D eigenvalue weighted by molar-refractivity contribution is 5.10. The maximum absolute atomic E-state index is 5.54. The Morgan fingerprint density at radius 1 is 1.27 bits per heavy atom. The lowest BCUT2D eigenvalue weighted by Gasteiger charge is -2.01. The van der Waals surface area contributed by atoms with Gasteiger partial charge in [-0.15, -0.1) is 0 Å². The second kappa shape index (κ2) is 4.75. The topological polar surface area (TPSA) is 43.8 Å². The van der Waals surface area contributed by atoms with E-state index >= 15 is 0 Å². The largest absolute Gasteiger partial charge is 0.354 e. The van der Waals surface area contributed by atoms with Crippen LogP contribution in [0.3, 0.4) is 0 Å². The van der Waals surface area contributed by atoms with Gasteiger partial charge in [0.15, 0.2) is 0 Å². The van der Waals surface area contributed by atoms with Crippen molar-refractivity contribution in [1.82, 2.24) is 9.55 Å². The molecule has 2 rings (SSSR count). The third-order valence-corrected chi connectivity index (χ3v) is 2.40. The monoisotopic (exact) mass is 201 g/mol. The Bertz CT molecular complexity index is 406. The Morgan fingerprint density at radius 3 is 2.87 bits per heavy atom. The zero-order valence-corrected chi connectivity index (χ0v) is 8.63. The van der Waals surface area contributed by atoms with Crippen molar-refractivity contribution in [2.24, 2.45) is 5.73 Å². The van der Waals surface area contributed by atoms with Gasteiger partial charge >= 0.3 is 0 Å². The molecule has 2 N–H and O–H groups in total. The molecule has 2 aromatic rings. The Morgan fingerprint density at radius 2 is 2.20 bits per heavy atom. The van der Waals surface area contributed by atoms with Crippen LogP contribution in [0.15, 0.2) is 42.9 Å². The van der Waals surface area contributed by atoms with Crippen molar-refractivity contribution < 1.29 is 0 Å². The Labute approximate surface area is 89.6 Å². The van der Waals surface area contributed by atoms with Crippen molar-refractivity contribution in [1.29, 1.82) is 0 Å². The van der Waals surface area contributed by atoms with Gasteiger partial charge in [0.05, 0.1) is 0 Å². The number of pyridine rings is 1. The molecular weight excluding hydrogens is 186 g/mol. The number of aryl methyl sites for hydroxylation is 2. The summed E-state index contributed by atoms with van der Waals surface area (Å²) in [7, 11) is 0. The van der Waals surface area contributed by atoms with Crippen molar-refractivity contribution in [3.63, 3.8) is 0 Å². The highest BCUT2D eigenvalue weighted by Crippen LogP contribution is 2.02. The lowest BCUT2D eigenvalue weighted by Crippen LogP contribution is -2.00. The first kappa shape index (κ1) is 9.93. The SMILES string of the molecule is NCc1ccn(CCc2ccccn2)c1. The molecule has 0 radical (unpaired) electrons. The molecular formula is C12H15N3. The van der Waals surface area contributed by atoms with Gasteiger partial charge in [-0.1, -0.05) is 6.07 Å². The molecule has 0 atom stereocenters. The van der Waals surface area contributed by atoms with E-state index in [-0.39, 0.29) is 0 Å². The van der Waals surface area contributed by atoms with Crippen LogP contribution in [0.5, 0.6) is 0 Å². The van der Waals surface area contributed by atoms with Crippen molar-refractivity contribution in [3.05, 3.63) is 54.1 Å². The summed E-state index contributed by atoms with van der Waals surface area (Å²) in [6, 6.07) is 8.06. The second-order valence-corrected chi connectivity index (χ2v) is 3.53. The molecule has 0 unspecified atom stereocenters. The van der Waals surface area contributed by atoms with Gasteiger partial charge in [-0.3, -0.25) is 4.98 Å². The molecule has 0 fully saturated rings. The van der Waals surface area contributed by atoms with E-state index in [1.165, 1.54) is 5.56 Å². The molecule has 0 aromatic carbocycles. The summed E-state index contributed by atoms with van der Waals surface area (Å²) < 4.78 is 2.15. The smallest absolute Gasteiger partial charge is 0.0421 e. The van der Waals surface area contributed by atoms with Crippen molar-refractivity contribution in [3.8, 4) is 0 Å². The van der Waals surface area contributed by atoms with Gasteiger partial charge in [-0.05, 0) is 23.8 Å². The molecule has 2 heterocycles. The number of rotatable bonds is 4. The molecule has 0 aliphatic rings. The third-order valence-electron chi connectivity index (χ3n) is 2.40. The first-order valence-corrected chi connectivity index (χ1v) is 5.13. The fraction of sp³-hybridized carbons (Fsp3) is 0.250. The second-order valence-electron chi connectivity index (χ2n) is 3.53. The van der Waals surface area contributed by atoms with Crippen LogP contribution in [-0.2, 0) is 19.5 Å². The average Bonchev–Trinajstić information content (AvgIpc) is 2.76. The van der Waals surface area contributed by atoms with E-state index in [9.17, 15) is 0 Å². The van der Waals surface area contributed by atoms with Crippen LogP contribution in [0.2, 0.25) is 0 Å². The lowest BCUT2D eigenvalue weighted by molar-refractivity contribution is 0.688. The highest BCUT2D eigenvalue weighted by atomic mass is 14.9. The molecule has 3 nitrogen and oxygen atoms in total. The van der Waals surface area contributed by atoms with Crippen LogP contribution in [0, 0.1) is 0 Å². The van der Waals surface area contributed by atoms with E-state index in [1.54, 1.807) is 0 Å². The standard InChI is InChI=1S/C12H15N3/c13-9-11-4-7-15(10-11)8-5-12-3-1-2-6-14-12/h1-4,6-7,10H,5,8-9,13H2. The molecule has 0 spiro atoms. The molecule has 3 heteroatoms. The van der Waals surface area contributed by atoms with E-state index in [4.69, 9.17) is 5.73 Å². The van der Waals surface area contributed by atoms with Crippen molar-refractivity contribution in [2.45, 2.75) is 19.5 Å². The van der Waals surface area contributed by atoms with Crippen LogP contribution in [-0.4, -0.2) is 9.55 Å². The van der Waals surface area contributed by atoms with E-state index < -0.39 is 0 Å². The normalized spacial score (nSPS) is 10.5. The van der Waals surface area contributed by atoms with Crippen LogP contribution in [0.1, 0.15) is 11.3 Å². The number of hydrogen-bond donors (Lipinski definition) is 1. The first-order chi connectivity index (χ1) is 7.38. The van der Waals surface area contributed by atoms with Crippen molar-refractivity contribution in [2.75, 3.05) is 0 Å². The van der Waals surface area contributed by atoms with Gasteiger partial charge in [-0.2, -0.15) is 0 Å². The van der Waals surface area contributed by atoms with Gasteiger partial charge in [0.1, 0.15) is 0 Å². The zero-order chi connectivity index (χ0) is 10.5. The first-order valence-electron chi connectivity index (χ1n) is 5.13. The van der Waals surface area contributed by atoms with Gasteiger partial charge < -0.3 is 10.3 Å². The number of nitrogens with zero attached hydrogens (tertiary/aromatic N) is 2. The lowest BCUT2D eigenvalue weighted by atomic mass is 10.3. The Kier molecular flexibility index (Phi) is 3.15. The van der Waals surface area contributed by atoms with Crippen LogP contribution in [0.25, 0.3) is 0 Å². The summed E-state index contributed by atoms with van der Waals surface area (Å²) >= 11 is 0. The van der Waals surface area contributed by atoms with Crippen molar-refractivity contribution >= 4 is 0 Å². The molecule has 15 heavy (non-hydrogen) atoms. The summed E-state index contributed by atoms with van der Waals surface area (Å²) in [6.45, 7) is 1.56. The Hall–Kier alpha value is -1.61. The van der Waals surface area contributed by atoms with Crippen LogP contribution >= 0.6 is 0 Å². The minimum atomic E-state index is 0.608. The molecule has 78 valence electrons. The molecule has 0 amide bonds. The molecule has 0 bridgehead atoms. The quantitative estimate of drug-likeness (QED) is 0.816. The molecule has 0 saturated heterocycles. The number of aromatic nitrogens is 2. The van der Waals surface area contributed by atoms with E-state index in [2.05, 4.69) is 28.0 Å². The minimum absolute atomic E-state index is 0.608. The van der Waals surface area contributed by atoms with Crippen LogP contribution in [0.4, 0.5) is 0 Å². The molecule has 0 aliphatic carbocycles. The fourth-order valence-electron chi connectivity index (χ4n) is 1.54. The van der Waals surface area contributed by atoms with Gasteiger partial charge in [0, 0.05) is 43.8 Å². The maximum atomic E-state index is 5.54. The molecule has 0 aliphatic heterocycles. The average molecular weight is 201 g/mol. The van der Waals surface area contributed by atoms with Gasteiger partial charge in [-0.25, -0.2) is 0 Å². The fourth-order valence-corrected chi connectivity index (χ4v) is 1.54. The number of nitrogens with two attached hydrogens (primary N) is 1. The zero-order valence-electron chi connectivity index (χ0n) is 8.63. The van der Waals surface area contributed by atoms with E-state index in [0.717, 1.165) is 18.7 Å². The van der Waals surface area contributed by atoms with E-state index in [0.29, 0.717) is 6.54 Å². The summed E-state index contributed by atoms with van der Waals surface area (Å²) in [5.74, 6) is 0. The Balaban J connectivity index is 1.93. The predicted octanol–water partition coefficient (Wildman–Crippen LogP) is 1.58. The minimum Gasteiger partial charge on any atom is -0.354 e. The summed E-state index contributed by atoms with van der Waals surface area (Å²) in [5, 5.41) is 0. The molecule has 0 saturated carbocycles. The highest BCUT2D eigenvalue weighted by Gasteiger charge is 1.96. The summed E-state index contributed by atoms with van der Waals surface area (Å²) in [5.41, 5.74) is 7.85. The van der Waals surface area contributed by atoms with Gasteiger partial charge in [0.25, 0.3) is 0 Å². The summed E-state index contributed by atoms with van der Waals surface area (Å²) in [4.78, 5) is 4.28. The third kappa shape index (κ3) is 2.67. The number of hydrogen-bond acceptors (Lipinski definition) is 2. The predicted molar refractivity (Wildman–Crippen MR) is 60.3 cm³/mol. The van der Waals surface area contributed by atoms with Gasteiger partial charge in [0.2, 0.25) is 0 Å².